The smallest absolute Gasteiger partial charge is 0.323 e. The van der Waals surface area contributed by atoms with E-state index in [0.29, 0.717) is 28.4 Å². The fourth-order valence-corrected chi connectivity index (χ4v) is 3.24. The van der Waals surface area contributed by atoms with Crippen molar-refractivity contribution in [3.05, 3.63) is 48.0 Å². The van der Waals surface area contributed by atoms with Crippen LogP contribution in [-0.2, 0) is 0 Å². The van der Waals surface area contributed by atoms with Gasteiger partial charge in [-0.15, -0.1) is 0 Å². The molecule has 0 atom stereocenters. The Kier molecular flexibility index (Phi) is 4.82. The minimum absolute atomic E-state index is 0.0473. The van der Waals surface area contributed by atoms with Gasteiger partial charge in [0.25, 0.3) is 5.91 Å². The van der Waals surface area contributed by atoms with Crippen molar-refractivity contribution in [3.63, 3.8) is 0 Å². The van der Waals surface area contributed by atoms with Gasteiger partial charge in [0.15, 0.2) is 11.5 Å². The van der Waals surface area contributed by atoms with E-state index in [1.54, 1.807) is 42.5 Å². The van der Waals surface area contributed by atoms with Gasteiger partial charge in [0.1, 0.15) is 0 Å². The number of likely N-dealkylation sites (tertiary alicyclic amines) is 1. The van der Waals surface area contributed by atoms with Crippen molar-refractivity contribution in [2.75, 3.05) is 30.5 Å². The number of urea groups is 1. The first-order valence-electron chi connectivity index (χ1n) is 9.06. The largest absolute Gasteiger partial charge is 0.454 e. The Balaban J connectivity index is 1.35. The monoisotopic (exact) mass is 367 g/mol. The first-order chi connectivity index (χ1) is 13.2. The molecule has 0 spiro atoms. The fraction of sp³-hybridized carbons (Fsp3) is 0.300. The SMILES string of the molecule is O=C(Nc1ccc(C(=O)N2CCCCC2)cc1)Nc1ccc2c(c1)OCO2. The Hall–Kier alpha value is -3.22. The number of carbonyl (C=O) groups excluding carboxylic acids is 2. The molecule has 2 heterocycles. The van der Waals surface area contributed by atoms with Gasteiger partial charge in [-0.05, 0) is 55.7 Å². The maximum atomic E-state index is 12.5. The molecule has 2 aliphatic heterocycles. The zero-order valence-electron chi connectivity index (χ0n) is 14.9. The van der Waals surface area contributed by atoms with E-state index in [4.69, 9.17) is 9.47 Å². The van der Waals surface area contributed by atoms with Gasteiger partial charge in [-0.3, -0.25) is 4.79 Å². The molecule has 2 aromatic rings. The molecule has 3 amide bonds. The summed E-state index contributed by atoms with van der Waals surface area (Å²) in [6.45, 7) is 1.82. The number of nitrogens with one attached hydrogen (secondary N) is 2. The Bertz CT molecular complexity index is 845. The van der Waals surface area contributed by atoms with E-state index in [1.165, 1.54) is 6.42 Å². The normalized spacial score (nSPS) is 15.3. The minimum atomic E-state index is -0.371. The number of carbonyl (C=O) groups is 2. The number of nitrogens with zero attached hydrogens (tertiary/aromatic N) is 1. The first-order valence-corrected chi connectivity index (χ1v) is 9.06. The number of piperidine rings is 1. The predicted molar refractivity (Wildman–Crippen MR) is 101 cm³/mol. The number of ether oxygens (including phenoxy) is 2. The molecule has 1 fully saturated rings. The summed E-state index contributed by atoms with van der Waals surface area (Å²) >= 11 is 0. The molecule has 0 bridgehead atoms. The second-order valence-electron chi connectivity index (χ2n) is 6.58. The number of rotatable bonds is 3. The summed E-state index contributed by atoms with van der Waals surface area (Å²) in [5, 5.41) is 5.51. The maximum absolute atomic E-state index is 12.5. The third kappa shape index (κ3) is 3.97. The molecular formula is C20H21N3O4. The van der Waals surface area contributed by atoms with Crippen molar-refractivity contribution < 1.29 is 19.1 Å². The number of hydrogen-bond donors (Lipinski definition) is 2. The number of benzene rings is 2. The van der Waals surface area contributed by atoms with Crippen LogP contribution in [0.5, 0.6) is 11.5 Å². The first kappa shape index (κ1) is 17.2. The molecule has 140 valence electrons. The lowest BCUT2D eigenvalue weighted by molar-refractivity contribution is 0.0724. The van der Waals surface area contributed by atoms with Crippen molar-refractivity contribution in [2.24, 2.45) is 0 Å². The average Bonchev–Trinajstić information content (AvgIpc) is 3.16. The zero-order valence-corrected chi connectivity index (χ0v) is 14.9. The number of anilines is 2. The van der Waals surface area contributed by atoms with Crippen LogP contribution in [0, 0.1) is 0 Å². The lowest BCUT2D eigenvalue weighted by Crippen LogP contribution is -2.35. The number of fused-ring (bicyclic) bond motifs is 1. The molecule has 0 radical (unpaired) electrons. The quantitative estimate of drug-likeness (QED) is 0.867. The standard InChI is InChI=1S/C20H21N3O4/c24-19(23-10-2-1-3-11-23)14-4-6-15(7-5-14)21-20(25)22-16-8-9-17-18(12-16)27-13-26-17/h4-9,12H,1-3,10-11,13H2,(H2,21,22,25). The topological polar surface area (TPSA) is 79.9 Å². The van der Waals surface area contributed by atoms with Crippen molar-refractivity contribution in [2.45, 2.75) is 19.3 Å². The van der Waals surface area contributed by atoms with E-state index in [2.05, 4.69) is 10.6 Å². The molecule has 0 unspecified atom stereocenters. The lowest BCUT2D eigenvalue weighted by atomic mass is 10.1. The van der Waals surface area contributed by atoms with Crippen LogP contribution in [0.1, 0.15) is 29.6 Å². The maximum Gasteiger partial charge on any atom is 0.323 e. The van der Waals surface area contributed by atoms with E-state index in [1.807, 2.05) is 4.90 Å². The van der Waals surface area contributed by atoms with E-state index in [0.717, 1.165) is 25.9 Å². The van der Waals surface area contributed by atoms with Gasteiger partial charge in [0, 0.05) is 36.1 Å². The average molecular weight is 367 g/mol. The van der Waals surface area contributed by atoms with Gasteiger partial charge in [-0.25, -0.2) is 4.79 Å². The van der Waals surface area contributed by atoms with Crippen molar-refractivity contribution >= 4 is 23.3 Å². The summed E-state index contributed by atoms with van der Waals surface area (Å²) in [5.74, 6) is 1.31. The molecule has 7 heteroatoms. The van der Waals surface area contributed by atoms with Crippen LogP contribution in [0.3, 0.4) is 0 Å². The molecular weight excluding hydrogens is 346 g/mol. The van der Waals surface area contributed by atoms with Crippen LogP contribution >= 0.6 is 0 Å². The van der Waals surface area contributed by atoms with Gasteiger partial charge in [-0.1, -0.05) is 0 Å². The van der Waals surface area contributed by atoms with Gasteiger partial charge in [0.2, 0.25) is 6.79 Å². The van der Waals surface area contributed by atoms with E-state index in [9.17, 15) is 9.59 Å². The van der Waals surface area contributed by atoms with E-state index < -0.39 is 0 Å². The molecule has 0 saturated carbocycles. The molecule has 27 heavy (non-hydrogen) atoms. The minimum Gasteiger partial charge on any atom is -0.454 e. The van der Waals surface area contributed by atoms with Gasteiger partial charge >= 0.3 is 6.03 Å². The van der Waals surface area contributed by atoms with Gasteiger partial charge in [-0.2, -0.15) is 0 Å². The summed E-state index contributed by atoms with van der Waals surface area (Å²) < 4.78 is 10.5. The molecule has 4 rings (SSSR count). The van der Waals surface area contributed by atoms with E-state index >= 15 is 0 Å². The summed E-state index contributed by atoms with van der Waals surface area (Å²) in [4.78, 5) is 26.5. The Morgan fingerprint density at radius 2 is 1.48 bits per heavy atom. The Morgan fingerprint density at radius 3 is 2.26 bits per heavy atom. The molecule has 7 nitrogen and oxygen atoms in total. The number of hydrogen-bond acceptors (Lipinski definition) is 4. The summed E-state index contributed by atoms with van der Waals surface area (Å²) in [6.07, 6.45) is 3.31. The summed E-state index contributed by atoms with van der Waals surface area (Å²) in [7, 11) is 0. The molecule has 1 saturated heterocycles. The second-order valence-corrected chi connectivity index (χ2v) is 6.58. The van der Waals surface area contributed by atoms with Crippen LogP contribution in [0.2, 0.25) is 0 Å². The fourth-order valence-electron chi connectivity index (χ4n) is 3.24. The summed E-state index contributed by atoms with van der Waals surface area (Å²) in [6, 6.07) is 11.8. The van der Waals surface area contributed by atoms with Crippen LogP contribution in [0.25, 0.3) is 0 Å². The van der Waals surface area contributed by atoms with Gasteiger partial charge < -0.3 is 25.0 Å². The molecule has 2 aromatic carbocycles. The molecule has 0 aromatic heterocycles. The lowest BCUT2D eigenvalue weighted by Gasteiger charge is -2.26. The molecule has 2 N–H and O–H groups in total. The third-order valence-electron chi connectivity index (χ3n) is 4.66. The Labute approximate surface area is 157 Å². The highest BCUT2D eigenvalue weighted by Gasteiger charge is 2.18. The zero-order chi connectivity index (χ0) is 18.6. The van der Waals surface area contributed by atoms with Crippen molar-refractivity contribution in [3.8, 4) is 11.5 Å². The van der Waals surface area contributed by atoms with Crippen molar-refractivity contribution in [1.82, 2.24) is 4.90 Å². The molecule has 2 aliphatic rings. The van der Waals surface area contributed by atoms with Crippen LogP contribution < -0.4 is 20.1 Å². The molecule has 0 aliphatic carbocycles. The summed E-state index contributed by atoms with van der Waals surface area (Å²) in [5.41, 5.74) is 1.86. The highest BCUT2D eigenvalue weighted by molar-refractivity contribution is 6.00. The number of amides is 3. The van der Waals surface area contributed by atoms with Crippen LogP contribution in [0.4, 0.5) is 16.2 Å². The Morgan fingerprint density at radius 1 is 0.815 bits per heavy atom. The van der Waals surface area contributed by atoms with Gasteiger partial charge in [0.05, 0.1) is 0 Å². The van der Waals surface area contributed by atoms with Crippen LogP contribution in [-0.4, -0.2) is 36.7 Å². The van der Waals surface area contributed by atoms with E-state index in [-0.39, 0.29) is 18.7 Å². The highest BCUT2D eigenvalue weighted by Crippen LogP contribution is 2.34. The highest BCUT2D eigenvalue weighted by atomic mass is 16.7. The van der Waals surface area contributed by atoms with Crippen molar-refractivity contribution in [1.29, 1.82) is 0 Å². The van der Waals surface area contributed by atoms with Crippen LogP contribution in [0.15, 0.2) is 42.5 Å². The third-order valence-corrected chi connectivity index (χ3v) is 4.66. The second kappa shape index (κ2) is 7.57. The predicted octanol–water partition coefficient (Wildman–Crippen LogP) is 3.69.